The second kappa shape index (κ2) is 6.23. The molecule has 1 amide bonds. The molecule has 2 fully saturated rings. The lowest BCUT2D eigenvalue weighted by atomic mass is 9.78. The van der Waals surface area contributed by atoms with Gasteiger partial charge in [0.25, 0.3) is 0 Å². The number of piperidine rings is 1. The van der Waals surface area contributed by atoms with Crippen LogP contribution < -0.4 is 5.73 Å². The molecule has 110 valence electrons. The summed E-state index contributed by atoms with van der Waals surface area (Å²) in [5.74, 6) is 1.52. The highest BCUT2D eigenvalue weighted by Crippen LogP contribution is 2.31. The molecule has 0 spiro atoms. The first-order chi connectivity index (χ1) is 9.02. The van der Waals surface area contributed by atoms with E-state index < -0.39 is 0 Å². The third-order valence-electron chi connectivity index (χ3n) is 5.09. The molecule has 4 heteroatoms. The molecule has 0 radical (unpaired) electrons. The second-order valence-electron chi connectivity index (χ2n) is 6.48. The van der Waals surface area contributed by atoms with Crippen molar-refractivity contribution in [2.45, 2.75) is 51.7 Å². The van der Waals surface area contributed by atoms with E-state index in [1.54, 1.807) is 7.11 Å². The van der Waals surface area contributed by atoms with E-state index in [1.165, 1.54) is 0 Å². The lowest BCUT2D eigenvalue weighted by Crippen LogP contribution is -2.50. The van der Waals surface area contributed by atoms with Gasteiger partial charge in [-0.15, -0.1) is 0 Å². The van der Waals surface area contributed by atoms with Crippen molar-refractivity contribution < 1.29 is 9.53 Å². The summed E-state index contributed by atoms with van der Waals surface area (Å²) in [5.41, 5.74) is 6.04. The van der Waals surface area contributed by atoms with E-state index in [0.29, 0.717) is 17.7 Å². The fourth-order valence-electron chi connectivity index (χ4n) is 3.44. The molecule has 1 aliphatic carbocycles. The summed E-state index contributed by atoms with van der Waals surface area (Å²) in [7, 11) is 1.75. The fourth-order valence-corrected chi connectivity index (χ4v) is 3.44. The normalized spacial score (nSPS) is 40.2. The van der Waals surface area contributed by atoms with Gasteiger partial charge in [0.1, 0.15) is 0 Å². The van der Waals surface area contributed by atoms with Crippen LogP contribution in [0.5, 0.6) is 0 Å². The van der Waals surface area contributed by atoms with Crippen LogP contribution in [0.3, 0.4) is 0 Å². The van der Waals surface area contributed by atoms with E-state index >= 15 is 0 Å². The number of nitrogens with two attached hydrogens (primary N) is 1. The molecule has 1 saturated carbocycles. The number of hydrogen-bond donors (Lipinski definition) is 1. The van der Waals surface area contributed by atoms with Crippen molar-refractivity contribution in [2.75, 3.05) is 20.2 Å². The van der Waals surface area contributed by atoms with Crippen LogP contribution in [0, 0.1) is 17.8 Å². The lowest BCUT2D eigenvalue weighted by molar-refractivity contribution is -0.142. The van der Waals surface area contributed by atoms with Crippen molar-refractivity contribution in [3.63, 3.8) is 0 Å². The molecule has 0 bridgehead atoms. The average molecular weight is 268 g/mol. The molecule has 1 aliphatic heterocycles. The Hall–Kier alpha value is -0.610. The van der Waals surface area contributed by atoms with Gasteiger partial charge in [0, 0.05) is 32.2 Å². The van der Waals surface area contributed by atoms with Crippen molar-refractivity contribution in [3.05, 3.63) is 0 Å². The molecule has 2 aliphatic rings. The van der Waals surface area contributed by atoms with Crippen LogP contribution >= 0.6 is 0 Å². The highest BCUT2D eigenvalue weighted by molar-refractivity contribution is 5.79. The van der Waals surface area contributed by atoms with Crippen LogP contribution in [-0.2, 0) is 9.53 Å². The highest BCUT2D eigenvalue weighted by Gasteiger charge is 2.35. The first-order valence-electron chi connectivity index (χ1n) is 7.60. The van der Waals surface area contributed by atoms with Crippen LogP contribution in [0.15, 0.2) is 0 Å². The van der Waals surface area contributed by atoms with Gasteiger partial charge in [0.2, 0.25) is 5.91 Å². The lowest BCUT2D eigenvalue weighted by Gasteiger charge is -2.40. The molecule has 0 aromatic heterocycles. The number of methoxy groups -OCH3 is 1. The molecule has 0 aromatic carbocycles. The number of carbonyl (C=O) groups is 1. The Morgan fingerprint density at radius 1 is 1.21 bits per heavy atom. The Morgan fingerprint density at radius 2 is 1.95 bits per heavy atom. The number of nitrogens with zero attached hydrogens (tertiary/aromatic N) is 1. The number of amides is 1. The zero-order valence-electron chi connectivity index (χ0n) is 12.5. The Labute approximate surface area is 116 Å². The quantitative estimate of drug-likeness (QED) is 0.828. The molecule has 4 nitrogen and oxygen atoms in total. The molecule has 2 rings (SSSR count). The summed E-state index contributed by atoms with van der Waals surface area (Å²) < 4.78 is 5.50. The minimum absolute atomic E-state index is 0.181. The van der Waals surface area contributed by atoms with Gasteiger partial charge in [0.05, 0.1) is 6.10 Å². The average Bonchev–Trinajstić information content (AvgIpc) is 2.41. The van der Waals surface area contributed by atoms with E-state index in [4.69, 9.17) is 10.5 Å². The van der Waals surface area contributed by atoms with Crippen LogP contribution in [0.2, 0.25) is 0 Å². The minimum Gasteiger partial charge on any atom is -0.379 e. The van der Waals surface area contributed by atoms with Gasteiger partial charge in [0.15, 0.2) is 0 Å². The predicted molar refractivity (Wildman–Crippen MR) is 75.6 cm³/mol. The molecular formula is C15H28N2O2. The molecule has 19 heavy (non-hydrogen) atoms. The Balaban J connectivity index is 1.93. The van der Waals surface area contributed by atoms with Crippen molar-refractivity contribution >= 4 is 5.91 Å². The summed E-state index contributed by atoms with van der Waals surface area (Å²) in [6.07, 6.45) is 4.13. The number of hydrogen-bond acceptors (Lipinski definition) is 3. The minimum atomic E-state index is 0.181. The van der Waals surface area contributed by atoms with E-state index in [2.05, 4.69) is 13.8 Å². The molecule has 0 aromatic rings. The van der Waals surface area contributed by atoms with E-state index in [-0.39, 0.29) is 18.1 Å². The summed E-state index contributed by atoms with van der Waals surface area (Å²) in [5, 5.41) is 0. The molecule has 1 heterocycles. The topological polar surface area (TPSA) is 55.6 Å². The fraction of sp³-hybridized carbons (Fsp3) is 0.933. The first kappa shape index (κ1) is 14.8. The van der Waals surface area contributed by atoms with Crippen molar-refractivity contribution in [3.8, 4) is 0 Å². The van der Waals surface area contributed by atoms with Gasteiger partial charge in [-0.1, -0.05) is 13.8 Å². The van der Waals surface area contributed by atoms with Crippen LogP contribution in [-0.4, -0.2) is 43.2 Å². The maximum atomic E-state index is 12.6. The van der Waals surface area contributed by atoms with Gasteiger partial charge >= 0.3 is 0 Å². The maximum Gasteiger partial charge on any atom is 0.225 e. The molecule has 1 saturated heterocycles. The maximum absolute atomic E-state index is 12.6. The van der Waals surface area contributed by atoms with Crippen LogP contribution in [0.4, 0.5) is 0 Å². The Bertz CT molecular complexity index is 321. The third kappa shape index (κ3) is 3.29. The summed E-state index contributed by atoms with van der Waals surface area (Å²) in [6, 6.07) is 0.275. The first-order valence-corrected chi connectivity index (χ1v) is 7.60. The smallest absolute Gasteiger partial charge is 0.225 e. The second-order valence-corrected chi connectivity index (χ2v) is 6.48. The molecule has 5 atom stereocenters. The standard InChI is InChI=1S/C15H28N2O2/c1-10-6-7-17(9-14(10)19-3)15(18)12-4-5-13(16)11(2)8-12/h10-14H,4-9,16H2,1-3H3. The Morgan fingerprint density at radius 3 is 2.58 bits per heavy atom. The summed E-state index contributed by atoms with van der Waals surface area (Å²) >= 11 is 0. The molecule has 5 unspecified atom stereocenters. The van der Waals surface area contributed by atoms with E-state index in [0.717, 1.165) is 38.8 Å². The van der Waals surface area contributed by atoms with E-state index in [9.17, 15) is 4.79 Å². The molecule has 2 N–H and O–H groups in total. The zero-order valence-corrected chi connectivity index (χ0v) is 12.5. The predicted octanol–water partition coefficient (Wildman–Crippen LogP) is 1.63. The van der Waals surface area contributed by atoms with Gasteiger partial charge in [-0.05, 0) is 37.5 Å². The van der Waals surface area contributed by atoms with Crippen LogP contribution in [0.1, 0.15) is 39.5 Å². The van der Waals surface area contributed by atoms with Crippen molar-refractivity contribution in [1.82, 2.24) is 4.90 Å². The number of ether oxygens (including phenoxy) is 1. The molecular weight excluding hydrogens is 240 g/mol. The van der Waals surface area contributed by atoms with E-state index in [1.807, 2.05) is 4.90 Å². The number of carbonyl (C=O) groups excluding carboxylic acids is 1. The zero-order chi connectivity index (χ0) is 14.0. The van der Waals surface area contributed by atoms with Crippen molar-refractivity contribution in [1.29, 1.82) is 0 Å². The highest BCUT2D eigenvalue weighted by atomic mass is 16.5. The third-order valence-corrected chi connectivity index (χ3v) is 5.09. The van der Waals surface area contributed by atoms with Gasteiger partial charge in [-0.25, -0.2) is 0 Å². The van der Waals surface area contributed by atoms with Crippen molar-refractivity contribution in [2.24, 2.45) is 23.5 Å². The summed E-state index contributed by atoms with van der Waals surface area (Å²) in [6.45, 7) is 6.02. The SMILES string of the molecule is COC1CN(C(=O)C2CCC(N)C(C)C2)CCC1C. The van der Waals surface area contributed by atoms with Gasteiger partial charge < -0.3 is 15.4 Å². The largest absolute Gasteiger partial charge is 0.379 e. The number of rotatable bonds is 2. The Kier molecular flexibility index (Phi) is 4.85. The summed E-state index contributed by atoms with van der Waals surface area (Å²) in [4.78, 5) is 14.6. The number of likely N-dealkylation sites (tertiary alicyclic amines) is 1. The van der Waals surface area contributed by atoms with Gasteiger partial charge in [-0.3, -0.25) is 4.79 Å². The van der Waals surface area contributed by atoms with Gasteiger partial charge in [-0.2, -0.15) is 0 Å². The monoisotopic (exact) mass is 268 g/mol. The van der Waals surface area contributed by atoms with Crippen LogP contribution in [0.25, 0.3) is 0 Å².